The van der Waals surface area contributed by atoms with Crippen molar-refractivity contribution in [2.75, 3.05) is 19.6 Å². The van der Waals surface area contributed by atoms with E-state index in [9.17, 15) is 0 Å². The standard InChI is InChI=1S/C11H22N2/c1-9-6-10(7-9)13-5-4-12-11(2,3)8-13/h9-10,12H,4-8H2,1-3H3. The van der Waals surface area contributed by atoms with Crippen molar-refractivity contribution < 1.29 is 0 Å². The molecule has 0 atom stereocenters. The quantitative estimate of drug-likeness (QED) is 0.660. The van der Waals surface area contributed by atoms with Gasteiger partial charge in [-0.2, -0.15) is 0 Å². The summed E-state index contributed by atoms with van der Waals surface area (Å²) in [5.41, 5.74) is 0.330. The fourth-order valence-corrected chi connectivity index (χ4v) is 2.65. The van der Waals surface area contributed by atoms with E-state index in [4.69, 9.17) is 0 Å². The Kier molecular flexibility index (Phi) is 2.37. The molecule has 0 aromatic rings. The van der Waals surface area contributed by atoms with Crippen LogP contribution in [0, 0.1) is 5.92 Å². The molecule has 1 aliphatic heterocycles. The van der Waals surface area contributed by atoms with Crippen molar-refractivity contribution in [1.29, 1.82) is 0 Å². The minimum absolute atomic E-state index is 0.330. The molecule has 0 aromatic carbocycles. The lowest BCUT2D eigenvalue weighted by atomic mass is 9.80. The van der Waals surface area contributed by atoms with Crippen LogP contribution >= 0.6 is 0 Å². The average Bonchev–Trinajstić information content (AvgIpc) is 1.97. The zero-order valence-corrected chi connectivity index (χ0v) is 9.14. The van der Waals surface area contributed by atoms with Crippen molar-refractivity contribution in [3.8, 4) is 0 Å². The van der Waals surface area contributed by atoms with Crippen LogP contribution in [0.25, 0.3) is 0 Å². The maximum Gasteiger partial charge on any atom is 0.0252 e. The minimum atomic E-state index is 0.330. The number of hydrogen-bond acceptors (Lipinski definition) is 2. The van der Waals surface area contributed by atoms with Gasteiger partial charge < -0.3 is 5.32 Å². The van der Waals surface area contributed by atoms with Gasteiger partial charge in [-0.25, -0.2) is 0 Å². The fraction of sp³-hybridized carbons (Fsp3) is 1.00. The first-order valence-corrected chi connectivity index (χ1v) is 5.56. The molecule has 2 heteroatoms. The van der Waals surface area contributed by atoms with Gasteiger partial charge in [0, 0.05) is 31.2 Å². The van der Waals surface area contributed by atoms with Gasteiger partial charge in [-0.05, 0) is 32.6 Å². The highest BCUT2D eigenvalue weighted by Gasteiger charge is 2.35. The molecular formula is C11H22N2. The topological polar surface area (TPSA) is 15.3 Å². The van der Waals surface area contributed by atoms with Crippen LogP contribution in [0.1, 0.15) is 33.6 Å². The third-order valence-electron chi connectivity index (χ3n) is 3.47. The van der Waals surface area contributed by atoms with Gasteiger partial charge in [0.2, 0.25) is 0 Å². The van der Waals surface area contributed by atoms with E-state index in [2.05, 4.69) is 31.0 Å². The van der Waals surface area contributed by atoms with Gasteiger partial charge in [0.05, 0.1) is 0 Å². The van der Waals surface area contributed by atoms with E-state index < -0.39 is 0 Å². The third kappa shape index (κ3) is 2.05. The summed E-state index contributed by atoms with van der Waals surface area (Å²) < 4.78 is 0. The predicted octanol–water partition coefficient (Wildman–Crippen LogP) is 1.47. The zero-order chi connectivity index (χ0) is 9.47. The van der Waals surface area contributed by atoms with Crippen molar-refractivity contribution in [2.24, 2.45) is 5.92 Å². The predicted molar refractivity (Wildman–Crippen MR) is 55.8 cm³/mol. The normalized spacial score (nSPS) is 39.9. The first-order valence-electron chi connectivity index (χ1n) is 5.56. The summed E-state index contributed by atoms with van der Waals surface area (Å²) in [6, 6.07) is 0.899. The monoisotopic (exact) mass is 182 g/mol. The number of nitrogens with one attached hydrogen (secondary N) is 1. The maximum atomic E-state index is 3.56. The molecule has 0 aromatic heterocycles. The molecule has 0 bridgehead atoms. The Hall–Kier alpha value is -0.0800. The zero-order valence-electron chi connectivity index (χ0n) is 9.14. The van der Waals surface area contributed by atoms with Crippen molar-refractivity contribution in [3.05, 3.63) is 0 Å². The van der Waals surface area contributed by atoms with E-state index in [1.54, 1.807) is 0 Å². The van der Waals surface area contributed by atoms with E-state index in [-0.39, 0.29) is 0 Å². The lowest BCUT2D eigenvalue weighted by Crippen LogP contribution is -2.61. The Bertz CT molecular complexity index is 183. The molecule has 2 fully saturated rings. The van der Waals surface area contributed by atoms with Crippen LogP contribution in [0.5, 0.6) is 0 Å². The molecule has 1 aliphatic carbocycles. The van der Waals surface area contributed by atoms with Crippen LogP contribution in [-0.4, -0.2) is 36.1 Å². The highest BCUT2D eigenvalue weighted by atomic mass is 15.2. The second-order valence-electron chi connectivity index (χ2n) is 5.51. The molecule has 1 saturated carbocycles. The smallest absolute Gasteiger partial charge is 0.0252 e. The summed E-state index contributed by atoms with van der Waals surface area (Å²) in [5, 5.41) is 3.56. The van der Waals surface area contributed by atoms with Crippen LogP contribution in [0.4, 0.5) is 0 Å². The van der Waals surface area contributed by atoms with Crippen molar-refractivity contribution in [1.82, 2.24) is 10.2 Å². The molecule has 1 N–H and O–H groups in total. The Morgan fingerprint density at radius 3 is 2.54 bits per heavy atom. The molecule has 2 rings (SSSR count). The first-order chi connectivity index (χ1) is 6.07. The molecule has 1 saturated heterocycles. The highest BCUT2D eigenvalue weighted by Crippen LogP contribution is 2.32. The molecule has 0 amide bonds. The summed E-state index contributed by atoms with van der Waals surface area (Å²) in [6.07, 6.45) is 2.85. The number of hydrogen-bond donors (Lipinski definition) is 1. The second kappa shape index (κ2) is 3.25. The minimum Gasteiger partial charge on any atom is -0.309 e. The molecule has 0 radical (unpaired) electrons. The summed E-state index contributed by atoms with van der Waals surface area (Å²) in [6.45, 7) is 10.6. The lowest BCUT2D eigenvalue weighted by molar-refractivity contribution is 0.0416. The van der Waals surface area contributed by atoms with Crippen LogP contribution in [0.15, 0.2) is 0 Å². The SMILES string of the molecule is CC1CC(N2CCNC(C)(C)C2)C1. The van der Waals surface area contributed by atoms with Gasteiger partial charge in [0.15, 0.2) is 0 Å². The van der Waals surface area contributed by atoms with Gasteiger partial charge in [-0.1, -0.05) is 6.92 Å². The van der Waals surface area contributed by atoms with Gasteiger partial charge in [0.1, 0.15) is 0 Å². The molecular weight excluding hydrogens is 160 g/mol. The molecule has 0 unspecified atom stereocenters. The third-order valence-corrected chi connectivity index (χ3v) is 3.47. The van der Waals surface area contributed by atoms with E-state index in [1.165, 1.54) is 25.9 Å². The fourth-order valence-electron chi connectivity index (χ4n) is 2.65. The number of piperazine rings is 1. The van der Waals surface area contributed by atoms with E-state index in [0.717, 1.165) is 18.5 Å². The largest absolute Gasteiger partial charge is 0.309 e. The highest BCUT2D eigenvalue weighted by molar-refractivity contribution is 4.93. The summed E-state index contributed by atoms with van der Waals surface area (Å²) in [5.74, 6) is 0.975. The Balaban J connectivity index is 1.86. The van der Waals surface area contributed by atoms with Gasteiger partial charge in [-0.3, -0.25) is 4.90 Å². The Labute approximate surface area is 81.7 Å². The molecule has 2 aliphatic rings. The lowest BCUT2D eigenvalue weighted by Gasteiger charge is -2.48. The van der Waals surface area contributed by atoms with Crippen molar-refractivity contribution in [3.63, 3.8) is 0 Å². The molecule has 2 nitrogen and oxygen atoms in total. The Morgan fingerprint density at radius 1 is 1.31 bits per heavy atom. The second-order valence-corrected chi connectivity index (χ2v) is 5.51. The van der Waals surface area contributed by atoms with Crippen LogP contribution < -0.4 is 5.32 Å². The number of rotatable bonds is 1. The number of nitrogens with zero attached hydrogens (tertiary/aromatic N) is 1. The van der Waals surface area contributed by atoms with E-state index >= 15 is 0 Å². The maximum absolute atomic E-state index is 3.56. The van der Waals surface area contributed by atoms with Crippen LogP contribution in [-0.2, 0) is 0 Å². The van der Waals surface area contributed by atoms with Gasteiger partial charge >= 0.3 is 0 Å². The van der Waals surface area contributed by atoms with Crippen molar-refractivity contribution >= 4 is 0 Å². The van der Waals surface area contributed by atoms with Crippen LogP contribution in [0.2, 0.25) is 0 Å². The van der Waals surface area contributed by atoms with Gasteiger partial charge in [0.25, 0.3) is 0 Å². The van der Waals surface area contributed by atoms with E-state index in [1.807, 2.05) is 0 Å². The molecule has 1 heterocycles. The van der Waals surface area contributed by atoms with Gasteiger partial charge in [-0.15, -0.1) is 0 Å². The molecule has 76 valence electrons. The first kappa shape index (κ1) is 9.47. The summed E-state index contributed by atoms with van der Waals surface area (Å²) in [4.78, 5) is 2.68. The van der Waals surface area contributed by atoms with E-state index in [0.29, 0.717) is 5.54 Å². The summed E-state index contributed by atoms with van der Waals surface area (Å²) in [7, 11) is 0. The molecule has 0 spiro atoms. The average molecular weight is 182 g/mol. The molecule has 13 heavy (non-hydrogen) atoms. The van der Waals surface area contributed by atoms with Crippen LogP contribution in [0.3, 0.4) is 0 Å². The summed E-state index contributed by atoms with van der Waals surface area (Å²) >= 11 is 0. The van der Waals surface area contributed by atoms with Crippen molar-refractivity contribution in [2.45, 2.75) is 45.2 Å². The Morgan fingerprint density at radius 2 is 2.00 bits per heavy atom.